The Hall–Kier alpha value is -0.820. The van der Waals surface area contributed by atoms with Gasteiger partial charge in [-0.25, -0.2) is 0 Å². The van der Waals surface area contributed by atoms with Crippen molar-refractivity contribution in [3.05, 3.63) is 35.9 Å². The molecule has 0 spiro atoms. The van der Waals surface area contributed by atoms with Crippen LogP contribution >= 0.6 is 0 Å². The van der Waals surface area contributed by atoms with Gasteiger partial charge in [0.25, 0.3) is 0 Å². The highest BCUT2D eigenvalue weighted by atomic mass is 14.9. The van der Waals surface area contributed by atoms with Gasteiger partial charge in [0, 0.05) is 6.04 Å². The molecule has 1 aliphatic rings. The molecule has 70 valence electrons. The second-order valence-electron chi connectivity index (χ2n) is 3.98. The first-order valence-electron chi connectivity index (χ1n) is 5.13. The van der Waals surface area contributed by atoms with E-state index in [0.29, 0.717) is 6.04 Å². The Balaban J connectivity index is 1.98. The van der Waals surface area contributed by atoms with E-state index >= 15 is 0 Å². The number of benzene rings is 1. The van der Waals surface area contributed by atoms with Crippen molar-refractivity contribution in [1.82, 2.24) is 5.32 Å². The number of hydrogen-bond acceptors (Lipinski definition) is 1. The predicted octanol–water partition coefficient (Wildman–Crippen LogP) is 2.23. The van der Waals surface area contributed by atoms with Gasteiger partial charge in [0.1, 0.15) is 0 Å². The summed E-state index contributed by atoms with van der Waals surface area (Å²) >= 11 is 0. The lowest BCUT2D eigenvalue weighted by Gasteiger charge is -2.14. The van der Waals surface area contributed by atoms with Gasteiger partial charge in [0.15, 0.2) is 0 Å². The van der Waals surface area contributed by atoms with Crippen molar-refractivity contribution in [2.45, 2.75) is 25.8 Å². The molecule has 0 saturated carbocycles. The monoisotopic (exact) mass is 175 g/mol. The Bertz CT molecular complexity index is 255. The van der Waals surface area contributed by atoms with Crippen LogP contribution in [0, 0.1) is 5.92 Å². The van der Waals surface area contributed by atoms with E-state index in [1.807, 2.05) is 0 Å². The van der Waals surface area contributed by atoms with E-state index < -0.39 is 0 Å². The third-order valence-electron chi connectivity index (χ3n) is 3.03. The predicted molar refractivity (Wildman–Crippen MR) is 55.7 cm³/mol. The molecule has 0 aromatic heterocycles. The minimum absolute atomic E-state index is 0.695. The molecule has 2 rings (SSSR count). The highest BCUT2D eigenvalue weighted by Crippen LogP contribution is 2.19. The molecule has 1 N–H and O–H groups in total. The zero-order valence-corrected chi connectivity index (χ0v) is 8.16. The quantitative estimate of drug-likeness (QED) is 0.726. The van der Waals surface area contributed by atoms with Gasteiger partial charge in [-0.05, 0) is 37.8 Å². The molecule has 1 aromatic carbocycles. The Morgan fingerprint density at radius 3 is 2.69 bits per heavy atom. The summed E-state index contributed by atoms with van der Waals surface area (Å²) in [5.74, 6) is 0.836. The highest BCUT2D eigenvalue weighted by molar-refractivity contribution is 5.15. The second kappa shape index (κ2) is 3.93. The van der Waals surface area contributed by atoms with E-state index in [2.05, 4.69) is 42.6 Å². The fourth-order valence-corrected chi connectivity index (χ4v) is 2.11. The van der Waals surface area contributed by atoms with E-state index in [4.69, 9.17) is 0 Å². The van der Waals surface area contributed by atoms with Crippen molar-refractivity contribution < 1.29 is 0 Å². The van der Waals surface area contributed by atoms with Gasteiger partial charge in [-0.3, -0.25) is 0 Å². The van der Waals surface area contributed by atoms with Crippen LogP contribution in [0.4, 0.5) is 0 Å². The van der Waals surface area contributed by atoms with Gasteiger partial charge in [-0.1, -0.05) is 30.3 Å². The van der Waals surface area contributed by atoms with Crippen LogP contribution in [0.25, 0.3) is 0 Å². The maximum absolute atomic E-state index is 3.49. The molecule has 1 heterocycles. The van der Waals surface area contributed by atoms with Crippen molar-refractivity contribution in [3.63, 3.8) is 0 Å². The molecule has 1 aromatic rings. The first-order chi connectivity index (χ1) is 6.36. The Labute approximate surface area is 80.2 Å². The van der Waals surface area contributed by atoms with Crippen molar-refractivity contribution in [3.8, 4) is 0 Å². The first-order valence-corrected chi connectivity index (χ1v) is 5.13. The summed E-state index contributed by atoms with van der Waals surface area (Å²) in [6.45, 7) is 3.49. The number of rotatable bonds is 2. The summed E-state index contributed by atoms with van der Waals surface area (Å²) in [5, 5.41) is 3.49. The zero-order valence-electron chi connectivity index (χ0n) is 8.16. The first kappa shape index (κ1) is 8.76. The molecule has 1 aliphatic heterocycles. The van der Waals surface area contributed by atoms with Crippen LogP contribution in [0.5, 0.6) is 0 Å². The van der Waals surface area contributed by atoms with E-state index in [-0.39, 0.29) is 0 Å². The molecule has 0 aliphatic carbocycles. The van der Waals surface area contributed by atoms with Crippen LogP contribution < -0.4 is 5.32 Å². The summed E-state index contributed by atoms with van der Waals surface area (Å²) in [6.07, 6.45) is 2.56. The fraction of sp³-hybridized carbons (Fsp3) is 0.500. The molecule has 1 nitrogen and oxygen atoms in total. The van der Waals surface area contributed by atoms with Gasteiger partial charge < -0.3 is 5.32 Å². The molecule has 0 bridgehead atoms. The largest absolute Gasteiger partial charge is 0.314 e. The molecule has 1 heteroatoms. The van der Waals surface area contributed by atoms with Gasteiger partial charge >= 0.3 is 0 Å². The lowest BCUT2D eigenvalue weighted by atomic mass is 9.94. The molecule has 13 heavy (non-hydrogen) atoms. The van der Waals surface area contributed by atoms with Crippen molar-refractivity contribution in [2.75, 3.05) is 6.54 Å². The fourth-order valence-electron chi connectivity index (χ4n) is 2.11. The van der Waals surface area contributed by atoms with Crippen molar-refractivity contribution in [2.24, 2.45) is 5.92 Å². The van der Waals surface area contributed by atoms with Crippen LogP contribution in [-0.4, -0.2) is 12.6 Å². The van der Waals surface area contributed by atoms with Crippen LogP contribution in [0.2, 0.25) is 0 Å². The highest BCUT2D eigenvalue weighted by Gasteiger charge is 2.22. The summed E-state index contributed by atoms with van der Waals surface area (Å²) in [5.41, 5.74) is 1.48. The Morgan fingerprint density at radius 2 is 2.08 bits per heavy atom. The smallest absolute Gasteiger partial charge is 0.00706 e. The summed E-state index contributed by atoms with van der Waals surface area (Å²) < 4.78 is 0. The molecular formula is C12H17N. The van der Waals surface area contributed by atoms with Gasteiger partial charge in [-0.2, -0.15) is 0 Å². The topological polar surface area (TPSA) is 12.0 Å². The number of nitrogens with one attached hydrogen (secondary N) is 1. The third kappa shape index (κ3) is 2.10. The average Bonchev–Trinajstić information content (AvgIpc) is 2.54. The normalized spacial score (nSPS) is 27.8. The van der Waals surface area contributed by atoms with E-state index in [1.165, 1.54) is 24.9 Å². The Morgan fingerprint density at radius 1 is 1.31 bits per heavy atom. The lowest BCUT2D eigenvalue weighted by Crippen LogP contribution is -2.23. The van der Waals surface area contributed by atoms with Crippen LogP contribution in [-0.2, 0) is 6.42 Å². The molecule has 0 unspecified atom stereocenters. The van der Waals surface area contributed by atoms with Crippen LogP contribution in [0.15, 0.2) is 30.3 Å². The van der Waals surface area contributed by atoms with Crippen LogP contribution in [0.1, 0.15) is 18.9 Å². The van der Waals surface area contributed by atoms with Gasteiger partial charge in [0.05, 0.1) is 0 Å². The standard InChI is InChI=1S/C12H17N/c1-10-12(7-8-13-10)9-11-5-3-2-4-6-11/h2-6,10,12-13H,7-9H2,1H3/t10-,12-/m1/s1. The van der Waals surface area contributed by atoms with Crippen LogP contribution in [0.3, 0.4) is 0 Å². The van der Waals surface area contributed by atoms with E-state index in [9.17, 15) is 0 Å². The lowest BCUT2D eigenvalue weighted by molar-refractivity contribution is 0.474. The Kier molecular flexibility index (Phi) is 2.65. The molecule has 1 fully saturated rings. The summed E-state index contributed by atoms with van der Waals surface area (Å²) in [7, 11) is 0. The molecule has 0 amide bonds. The minimum Gasteiger partial charge on any atom is -0.314 e. The van der Waals surface area contributed by atoms with E-state index in [0.717, 1.165) is 5.92 Å². The molecular weight excluding hydrogens is 158 g/mol. The van der Waals surface area contributed by atoms with E-state index in [1.54, 1.807) is 0 Å². The van der Waals surface area contributed by atoms with Crippen molar-refractivity contribution in [1.29, 1.82) is 0 Å². The number of hydrogen-bond donors (Lipinski definition) is 1. The maximum atomic E-state index is 3.49. The molecule has 0 radical (unpaired) electrons. The van der Waals surface area contributed by atoms with Gasteiger partial charge in [0.2, 0.25) is 0 Å². The third-order valence-corrected chi connectivity index (χ3v) is 3.03. The minimum atomic E-state index is 0.695. The SMILES string of the molecule is C[C@H]1NCC[C@@H]1Cc1ccccc1. The summed E-state index contributed by atoms with van der Waals surface area (Å²) in [6, 6.07) is 11.5. The summed E-state index contributed by atoms with van der Waals surface area (Å²) in [4.78, 5) is 0. The molecule has 2 atom stereocenters. The zero-order chi connectivity index (χ0) is 9.10. The second-order valence-corrected chi connectivity index (χ2v) is 3.98. The average molecular weight is 175 g/mol. The van der Waals surface area contributed by atoms with Crippen molar-refractivity contribution >= 4 is 0 Å². The molecule has 1 saturated heterocycles. The van der Waals surface area contributed by atoms with Gasteiger partial charge in [-0.15, -0.1) is 0 Å². The maximum Gasteiger partial charge on any atom is 0.00706 e.